The summed E-state index contributed by atoms with van der Waals surface area (Å²) in [5.41, 5.74) is 0.811. The molecule has 0 unspecified atom stereocenters. The number of phenols is 1. The van der Waals surface area contributed by atoms with Crippen molar-refractivity contribution in [3.05, 3.63) is 29.6 Å². The summed E-state index contributed by atoms with van der Waals surface area (Å²) >= 11 is 0. The van der Waals surface area contributed by atoms with Crippen LogP contribution >= 0.6 is 0 Å². The van der Waals surface area contributed by atoms with Gasteiger partial charge in [0.1, 0.15) is 11.6 Å². The van der Waals surface area contributed by atoms with Gasteiger partial charge in [-0.3, -0.25) is 4.90 Å². The lowest BCUT2D eigenvalue weighted by Gasteiger charge is -2.17. The van der Waals surface area contributed by atoms with E-state index >= 15 is 0 Å². The molecule has 0 amide bonds. The maximum Gasteiger partial charge on any atom is 0.127 e. The van der Waals surface area contributed by atoms with Crippen LogP contribution in [0.5, 0.6) is 5.75 Å². The third-order valence-electron chi connectivity index (χ3n) is 2.24. The Morgan fingerprint density at radius 3 is 2.36 bits per heavy atom. The molecule has 0 spiro atoms. The fourth-order valence-electron chi connectivity index (χ4n) is 1.43. The Bertz CT molecular complexity index is 277. The van der Waals surface area contributed by atoms with Crippen molar-refractivity contribution in [2.45, 2.75) is 20.4 Å². The minimum atomic E-state index is -0.382. The second-order valence-electron chi connectivity index (χ2n) is 3.28. The topological polar surface area (TPSA) is 23.5 Å². The summed E-state index contributed by atoms with van der Waals surface area (Å²) in [6.45, 7) is 6.64. The van der Waals surface area contributed by atoms with Crippen molar-refractivity contribution in [3.63, 3.8) is 0 Å². The highest BCUT2D eigenvalue weighted by Crippen LogP contribution is 2.15. The number of halogens is 1. The molecule has 78 valence electrons. The molecule has 2 nitrogen and oxygen atoms in total. The number of hydrogen-bond donors (Lipinski definition) is 1. The number of rotatable bonds is 4. The van der Waals surface area contributed by atoms with E-state index in [9.17, 15) is 9.50 Å². The molecular formula is C11H16FNO. The van der Waals surface area contributed by atoms with Gasteiger partial charge in [-0.2, -0.15) is 0 Å². The summed E-state index contributed by atoms with van der Waals surface area (Å²) in [5, 5.41) is 9.19. The van der Waals surface area contributed by atoms with Gasteiger partial charge >= 0.3 is 0 Å². The van der Waals surface area contributed by atoms with Crippen molar-refractivity contribution in [1.29, 1.82) is 0 Å². The monoisotopic (exact) mass is 197 g/mol. The van der Waals surface area contributed by atoms with Gasteiger partial charge in [-0.05, 0) is 30.8 Å². The lowest BCUT2D eigenvalue weighted by atomic mass is 10.2. The van der Waals surface area contributed by atoms with Crippen LogP contribution in [0.25, 0.3) is 0 Å². The van der Waals surface area contributed by atoms with Crippen molar-refractivity contribution in [2.24, 2.45) is 0 Å². The van der Waals surface area contributed by atoms with Gasteiger partial charge in [0.25, 0.3) is 0 Å². The molecule has 0 aromatic heterocycles. The van der Waals surface area contributed by atoms with E-state index in [4.69, 9.17) is 0 Å². The van der Waals surface area contributed by atoms with Crippen LogP contribution in [0.15, 0.2) is 18.2 Å². The van der Waals surface area contributed by atoms with E-state index in [1.807, 2.05) is 0 Å². The predicted molar refractivity (Wildman–Crippen MR) is 54.7 cm³/mol. The SMILES string of the molecule is CCN(CC)Cc1cc(O)cc(F)c1. The molecule has 1 N–H and O–H groups in total. The highest BCUT2D eigenvalue weighted by Gasteiger charge is 2.03. The average molecular weight is 197 g/mol. The number of phenolic OH excluding ortho intramolecular Hbond substituents is 1. The van der Waals surface area contributed by atoms with Gasteiger partial charge < -0.3 is 5.11 Å². The molecule has 1 rings (SSSR count). The number of aromatic hydroxyl groups is 1. The Balaban J connectivity index is 2.75. The largest absolute Gasteiger partial charge is 0.508 e. The van der Waals surface area contributed by atoms with Gasteiger partial charge in [-0.1, -0.05) is 13.8 Å². The van der Waals surface area contributed by atoms with Crippen LogP contribution in [0.2, 0.25) is 0 Å². The Morgan fingerprint density at radius 2 is 1.86 bits per heavy atom. The van der Waals surface area contributed by atoms with Crippen LogP contribution in [0.4, 0.5) is 4.39 Å². The zero-order chi connectivity index (χ0) is 10.6. The molecule has 0 aliphatic carbocycles. The van der Waals surface area contributed by atoms with Crippen molar-refractivity contribution in [2.75, 3.05) is 13.1 Å². The Labute approximate surface area is 84.0 Å². The fraction of sp³-hybridized carbons (Fsp3) is 0.455. The van der Waals surface area contributed by atoms with Gasteiger partial charge in [0.15, 0.2) is 0 Å². The van der Waals surface area contributed by atoms with E-state index in [1.54, 1.807) is 6.07 Å². The first kappa shape index (κ1) is 11.0. The van der Waals surface area contributed by atoms with Gasteiger partial charge in [0.05, 0.1) is 0 Å². The predicted octanol–water partition coefficient (Wildman–Crippen LogP) is 2.37. The number of hydrogen-bond acceptors (Lipinski definition) is 2. The third kappa shape index (κ3) is 3.00. The number of benzene rings is 1. The molecule has 1 aromatic carbocycles. The van der Waals surface area contributed by atoms with Gasteiger partial charge in [-0.15, -0.1) is 0 Å². The lowest BCUT2D eigenvalue weighted by molar-refractivity contribution is 0.295. The van der Waals surface area contributed by atoms with E-state index in [-0.39, 0.29) is 11.6 Å². The quantitative estimate of drug-likeness (QED) is 0.801. The first-order valence-corrected chi connectivity index (χ1v) is 4.86. The minimum absolute atomic E-state index is 0.00726. The number of nitrogens with zero attached hydrogens (tertiary/aromatic N) is 1. The van der Waals surface area contributed by atoms with Crippen LogP contribution in [0.1, 0.15) is 19.4 Å². The molecule has 0 aliphatic rings. The summed E-state index contributed by atoms with van der Waals surface area (Å²) in [5.74, 6) is -0.390. The zero-order valence-electron chi connectivity index (χ0n) is 8.63. The van der Waals surface area contributed by atoms with E-state index in [2.05, 4.69) is 18.7 Å². The van der Waals surface area contributed by atoms with Crippen molar-refractivity contribution in [1.82, 2.24) is 4.90 Å². The van der Waals surface area contributed by atoms with E-state index in [0.29, 0.717) is 6.54 Å². The normalized spacial score (nSPS) is 10.9. The summed E-state index contributed by atoms with van der Waals surface area (Å²) in [4.78, 5) is 2.16. The highest BCUT2D eigenvalue weighted by molar-refractivity contribution is 5.28. The maximum absolute atomic E-state index is 12.9. The summed E-state index contributed by atoms with van der Waals surface area (Å²) < 4.78 is 12.9. The molecule has 14 heavy (non-hydrogen) atoms. The molecule has 0 saturated heterocycles. The Morgan fingerprint density at radius 1 is 1.21 bits per heavy atom. The molecule has 1 aromatic rings. The minimum Gasteiger partial charge on any atom is -0.508 e. The summed E-state index contributed by atoms with van der Waals surface area (Å²) in [7, 11) is 0. The zero-order valence-corrected chi connectivity index (χ0v) is 8.63. The smallest absolute Gasteiger partial charge is 0.127 e. The highest BCUT2D eigenvalue weighted by atomic mass is 19.1. The molecule has 0 radical (unpaired) electrons. The van der Waals surface area contributed by atoms with Crippen molar-refractivity contribution in [3.8, 4) is 5.75 Å². The van der Waals surface area contributed by atoms with E-state index in [1.165, 1.54) is 6.07 Å². The van der Waals surface area contributed by atoms with Crippen LogP contribution in [0.3, 0.4) is 0 Å². The average Bonchev–Trinajstić information content (AvgIpc) is 2.12. The first-order chi connectivity index (χ1) is 6.65. The molecule has 0 fully saturated rings. The second-order valence-corrected chi connectivity index (χ2v) is 3.28. The van der Waals surface area contributed by atoms with Crippen molar-refractivity contribution < 1.29 is 9.50 Å². The van der Waals surface area contributed by atoms with Crippen molar-refractivity contribution >= 4 is 0 Å². The Kier molecular flexibility index (Phi) is 3.89. The molecule has 0 saturated carbocycles. The van der Waals surface area contributed by atoms with E-state index < -0.39 is 0 Å². The van der Waals surface area contributed by atoms with E-state index in [0.717, 1.165) is 24.7 Å². The third-order valence-corrected chi connectivity index (χ3v) is 2.24. The van der Waals surface area contributed by atoms with Gasteiger partial charge in [0.2, 0.25) is 0 Å². The van der Waals surface area contributed by atoms with Gasteiger partial charge in [-0.25, -0.2) is 4.39 Å². The summed E-state index contributed by atoms with van der Waals surface area (Å²) in [6, 6.07) is 4.17. The van der Waals surface area contributed by atoms with Gasteiger partial charge in [0, 0.05) is 12.6 Å². The molecule has 0 atom stereocenters. The maximum atomic E-state index is 12.9. The molecular weight excluding hydrogens is 181 g/mol. The van der Waals surface area contributed by atoms with Crippen LogP contribution in [0, 0.1) is 5.82 Å². The molecule has 3 heteroatoms. The fourth-order valence-corrected chi connectivity index (χ4v) is 1.43. The second kappa shape index (κ2) is 4.96. The standard InChI is InChI=1S/C11H16FNO/c1-3-13(4-2)8-9-5-10(12)7-11(14)6-9/h5-7,14H,3-4,8H2,1-2H3. The van der Waals surface area contributed by atoms with Crippen LogP contribution in [-0.4, -0.2) is 23.1 Å². The van der Waals surface area contributed by atoms with Crippen LogP contribution in [-0.2, 0) is 6.54 Å². The first-order valence-electron chi connectivity index (χ1n) is 4.86. The molecule has 0 aliphatic heterocycles. The lowest BCUT2D eigenvalue weighted by Crippen LogP contribution is -2.22. The molecule has 0 heterocycles. The Hall–Kier alpha value is -1.09. The summed E-state index contributed by atoms with van der Waals surface area (Å²) in [6.07, 6.45) is 0. The van der Waals surface area contributed by atoms with Crippen LogP contribution < -0.4 is 0 Å². The molecule has 0 bridgehead atoms.